The number of ketones is 1. The number of aliphatic hydroxyl groups excluding tert-OH is 1. The number of methoxy groups -OCH3 is 2. The van der Waals surface area contributed by atoms with Crippen molar-refractivity contribution in [3.63, 3.8) is 0 Å². The molecule has 1 atom stereocenters. The molecule has 8 heteroatoms. The average molecular weight is 499 g/mol. The van der Waals surface area contributed by atoms with Crippen molar-refractivity contribution in [1.82, 2.24) is 9.88 Å². The SMILES string of the molecule is COc1ccc(OCCN2C(=O)C(=O)/C(=C(\O)c3c[nH]c4ccccc34)C2c2ccc(OC)cc2)cc1. The molecule has 1 fully saturated rings. The Morgan fingerprint density at radius 2 is 1.51 bits per heavy atom. The summed E-state index contributed by atoms with van der Waals surface area (Å²) in [6.45, 7) is 0.289. The smallest absolute Gasteiger partial charge is 0.295 e. The van der Waals surface area contributed by atoms with Gasteiger partial charge in [0.1, 0.15) is 29.6 Å². The third kappa shape index (κ3) is 4.49. The largest absolute Gasteiger partial charge is 0.507 e. The molecule has 0 bridgehead atoms. The Morgan fingerprint density at radius 1 is 0.892 bits per heavy atom. The number of benzene rings is 3. The molecule has 0 aliphatic carbocycles. The summed E-state index contributed by atoms with van der Waals surface area (Å²) < 4.78 is 16.3. The standard InChI is InChI=1S/C29H26N2O6/c1-35-19-9-7-18(8-10-19)26-25(27(32)23-17-30-24-6-4-3-5-22(23)24)28(33)29(34)31(26)15-16-37-21-13-11-20(36-2)12-14-21/h3-14,17,26,30,32H,15-16H2,1-2H3/b27-25-. The molecule has 2 N–H and O–H groups in total. The first-order valence-corrected chi connectivity index (χ1v) is 11.8. The van der Waals surface area contributed by atoms with E-state index in [4.69, 9.17) is 14.2 Å². The number of ether oxygens (including phenoxy) is 3. The van der Waals surface area contributed by atoms with Gasteiger partial charge in [0.25, 0.3) is 11.7 Å². The van der Waals surface area contributed by atoms with Gasteiger partial charge in [-0.2, -0.15) is 0 Å². The van der Waals surface area contributed by atoms with Crippen LogP contribution in [0.4, 0.5) is 0 Å². The van der Waals surface area contributed by atoms with Crippen LogP contribution in [-0.4, -0.2) is 54.1 Å². The van der Waals surface area contributed by atoms with Gasteiger partial charge in [0.05, 0.1) is 32.4 Å². The molecule has 1 aromatic heterocycles. The summed E-state index contributed by atoms with van der Waals surface area (Å²) in [6, 6.07) is 20.8. The molecule has 8 nitrogen and oxygen atoms in total. The van der Waals surface area contributed by atoms with Crippen LogP contribution in [0.15, 0.2) is 84.6 Å². The number of nitrogens with zero attached hydrogens (tertiary/aromatic N) is 1. The third-order valence-electron chi connectivity index (χ3n) is 6.48. The highest BCUT2D eigenvalue weighted by molar-refractivity contribution is 6.46. The summed E-state index contributed by atoms with van der Waals surface area (Å²) in [5.74, 6) is 0.288. The maximum Gasteiger partial charge on any atom is 0.295 e. The molecule has 0 spiro atoms. The molecule has 1 unspecified atom stereocenters. The Kier molecular flexibility index (Phi) is 6.55. The summed E-state index contributed by atoms with van der Waals surface area (Å²) in [5.41, 5.74) is 1.98. The Balaban J connectivity index is 1.51. The third-order valence-corrected chi connectivity index (χ3v) is 6.48. The number of carbonyl (C=O) groups is 2. The second-order valence-corrected chi connectivity index (χ2v) is 8.54. The van der Waals surface area contributed by atoms with Gasteiger partial charge in [-0.15, -0.1) is 0 Å². The van der Waals surface area contributed by atoms with Gasteiger partial charge < -0.3 is 29.2 Å². The van der Waals surface area contributed by atoms with Crippen LogP contribution >= 0.6 is 0 Å². The minimum atomic E-state index is -0.793. The minimum Gasteiger partial charge on any atom is -0.507 e. The molecule has 0 radical (unpaired) electrons. The van der Waals surface area contributed by atoms with E-state index in [2.05, 4.69) is 4.98 Å². The number of para-hydroxylation sites is 1. The summed E-state index contributed by atoms with van der Waals surface area (Å²) in [5, 5.41) is 12.1. The van der Waals surface area contributed by atoms with Crippen LogP contribution in [0.3, 0.4) is 0 Å². The van der Waals surface area contributed by atoms with Crippen molar-refractivity contribution >= 4 is 28.4 Å². The molecule has 5 rings (SSSR count). The first-order valence-electron chi connectivity index (χ1n) is 11.8. The van der Waals surface area contributed by atoms with E-state index >= 15 is 0 Å². The molecular formula is C29H26N2O6. The van der Waals surface area contributed by atoms with E-state index in [1.54, 1.807) is 68.9 Å². The van der Waals surface area contributed by atoms with E-state index in [1.165, 1.54) is 4.90 Å². The number of H-pyrrole nitrogens is 1. The van der Waals surface area contributed by atoms with Crippen molar-refractivity contribution in [3.8, 4) is 17.2 Å². The first kappa shape index (κ1) is 24.0. The molecule has 4 aromatic rings. The van der Waals surface area contributed by atoms with Gasteiger partial charge in [-0.05, 0) is 48.0 Å². The molecule has 3 aromatic carbocycles. The Morgan fingerprint density at radius 3 is 2.19 bits per heavy atom. The van der Waals surface area contributed by atoms with Gasteiger partial charge in [-0.1, -0.05) is 30.3 Å². The number of aromatic nitrogens is 1. The van der Waals surface area contributed by atoms with Crippen molar-refractivity contribution < 1.29 is 28.9 Å². The topological polar surface area (TPSA) is 101 Å². The number of Topliss-reactive ketones (excluding diaryl/α,β-unsaturated/α-hetero) is 1. The number of likely N-dealkylation sites (tertiary alicyclic amines) is 1. The van der Waals surface area contributed by atoms with Crippen LogP contribution in [0.2, 0.25) is 0 Å². The fraction of sp³-hybridized carbons (Fsp3) is 0.172. The molecule has 37 heavy (non-hydrogen) atoms. The fourth-order valence-corrected chi connectivity index (χ4v) is 4.59. The molecule has 1 amide bonds. The number of hydrogen-bond donors (Lipinski definition) is 2. The number of rotatable bonds is 8. The average Bonchev–Trinajstić information content (AvgIpc) is 3.48. The highest BCUT2D eigenvalue weighted by atomic mass is 16.5. The molecular weight excluding hydrogens is 472 g/mol. The van der Waals surface area contributed by atoms with Crippen molar-refractivity contribution in [1.29, 1.82) is 0 Å². The zero-order chi connectivity index (χ0) is 25.9. The van der Waals surface area contributed by atoms with Crippen molar-refractivity contribution in [2.24, 2.45) is 0 Å². The molecule has 0 saturated carbocycles. The molecule has 1 aliphatic heterocycles. The lowest BCUT2D eigenvalue weighted by molar-refractivity contribution is -0.140. The normalized spacial score (nSPS) is 16.8. The van der Waals surface area contributed by atoms with E-state index in [1.807, 2.05) is 24.3 Å². The van der Waals surface area contributed by atoms with E-state index < -0.39 is 17.7 Å². The second-order valence-electron chi connectivity index (χ2n) is 8.54. The number of hydrogen-bond acceptors (Lipinski definition) is 6. The molecule has 188 valence electrons. The Bertz CT molecular complexity index is 1470. The lowest BCUT2D eigenvalue weighted by Crippen LogP contribution is -2.33. The zero-order valence-electron chi connectivity index (χ0n) is 20.4. The highest BCUT2D eigenvalue weighted by Crippen LogP contribution is 2.40. The monoisotopic (exact) mass is 498 g/mol. The number of fused-ring (bicyclic) bond motifs is 1. The number of aliphatic hydroxyl groups is 1. The quantitative estimate of drug-likeness (QED) is 0.208. The van der Waals surface area contributed by atoms with Gasteiger partial charge in [-0.25, -0.2) is 0 Å². The van der Waals surface area contributed by atoms with Gasteiger partial charge >= 0.3 is 0 Å². The van der Waals surface area contributed by atoms with Crippen LogP contribution in [0, 0.1) is 0 Å². The lowest BCUT2D eigenvalue weighted by atomic mass is 9.95. The van der Waals surface area contributed by atoms with E-state index in [9.17, 15) is 14.7 Å². The first-order chi connectivity index (χ1) is 18.0. The highest BCUT2D eigenvalue weighted by Gasteiger charge is 2.46. The van der Waals surface area contributed by atoms with E-state index in [0.29, 0.717) is 28.4 Å². The van der Waals surface area contributed by atoms with Crippen molar-refractivity contribution in [3.05, 3.63) is 95.7 Å². The van der Waals surface area contributed by atoms with Crippen LogP contribution < -0.4 is 14.2 Å². The second kappa shape index (κ2) is 10.1. The van der Waals surface area contributed by atoms with Gasteiger partial charge in [-0.3, -0.25) is 9.59 Å². The maximum absolute atomic E-state index is 13.3. The summed E-state index contributed by atoms with van der Waals surface area (Å²) in [4.78, 5) is 31.1. The Hall–Kier alpha value is -4.72. The predicted octanol–water partition coefficient (Wildman–Crippen LogP) is 4.69. The minimum absolute atomic E-state index is 0.0318. The number of aromatic amines is 1. The number of nitrogens with one attached hydrogen (secondary N) is 1. The number of amides is 1. The number of carbonyl (C=O) groups excluding carboxylic acids is 2. The Labute approximate surface area is 213 Å². The molecule has 1 aliphatic rings. The molecule has 2 heterocycles. The van der Waals surface area contributed by atoms with E-state index in [0.717, 1.165) is 10.9 Å². The summed E-state index contributed by atoms with van der Waals surface area (Å²) >= 11 is 0. The van der Waals surface area contributed by atoms with Crippen LogP contribution in [0.5, 0.6) is 17.2 Å². The van der Waals surface area contributed by atoms with Crippen molar-refractivity contribution in [2.45, 2.75) is 6.04 Å². The lowest BCUT2D eigenvalue weighted by Gasteiger charge is -2.25. The van der Waals surface area contributed by atoms with Gasteiger partial charge in [0.2, 0.25) is 0 Å². The molecule has 1 saturated heterocycles. The van der Waals surface area contributed by atoms with Crippen LogP contribution in [0.1, 0.15) is 17.2 Å². The zero-order valence-corrected chi connectivity index (χ0v) is 20.4. The predicted molar refractivity (Wildman–Crippen MR) is 139 cm³/mol. The van der Waals surface area contributed by atoms with Crippen LogP contribution in [-0.2, 0) is 9.59 Å². The van der Waals surface area contributed by atoms with Crippen molar-refractivity contribution in [2.75, 3.05) is 27.4 Å². The maximum atomic E-state index is 13.3. The van der Waals surface area contributed by atoms with Gasteiger partial charge in [0.15, 0.2) is 0 Å². The summed E-state index contributed by atoms with van der Waals surface area (Å²) in [6.07, 6.45) is 1.64. The fourth-order valence-electron chi connectivity index (χ4n) is 4.59. The summed E-state index contributed by atoms with van der Waals surface area (Å²) in [7, 11) is 3.15. The van der Waals surface area contributed by atoms with Gasteiger partial charge in [0, 0.05) is 22.7 Å². The van der Waals surface area contributed by atoms with E-state index in [-0.39, 0.29) is 24.5 Å². The van der Waals surface area contributed by atoms with Crippen LogP contribution in [0.25, 0.3) is 16.7 Å².